The van der Waals surface area contributed by atoms with Crippen LogP contribution in [-0.4, -0.2) is 4.57 Å². The van der Waals surface area contributed by atoms with Crippen LogP contribution < -0.4 is 0 Å². The molecule has 0 saturated heterocycles. The number of para-hydroxylation sites is 2. The fourth-order valence-corrected chi connectivity index (χ4v) is 8.54. The highest BCUT2D eigenvalue weighted by atomic mass is 32.1. The highest BCUT2D eigenvalue weighted by molar-refractivity contribution is 7.19. The highest BCUT2D eigenvalue weighted by Gasteiger charge is 2.19. The van der Waals surface area contributed by atoms with E-state index in [4.69, 9.17) is 4.42 Å². The minimum Gasteiger partial charge on any atom is -0.454 e. The Labute approximate surface area is 264 Å². The van der Waals surface area contributed by atoms with E-state index >= 15 is 0 Å². The van der Waals surface area contributed by atoms with E-state index in [1.807, 2.05) is 17.4 Å². The molecule has 0 amide bonds. The first kappa shape index (κ1) is 25.0. The zero-order chi connectivity index (χ0) is 29.5. The molecule has 1 aliphatic carbocycles. The number of hydrogen-bond acceptors (Lipinski definition) is 2. The first-order valence-electron chi connectivity index (χ1n) is 15.6. The Kier molecular flexibility index (Phi) is 5.31. The second kappa shape index (κ2) is 9.56. The van der Waals surface area contributed by atoms with Crippen molar-refractivity contribution in [3.8, 4) is 27.9 Å². The van der Waals surface area contributed by atoms with Crippen molar-refractivity contribution in [2.45, 2.75) is 12.8 Å². The van der Waals surface area contributed by atoms with E-state index in [2.05, 4.69) is 138 Å². The molecule has 0 N–H and O–H groups in total. The van der Waals surface area contributed by atoms with Crippen molar-refractivity contribution in [1.29, 1.82) is 0 Å². The van der Waals surface area contributed by atoms with E-state index in [0.29, 0.717) is 0 Å². The van der Waals surface area contributed by atoms with Crippen molar-refractivity contribution in [1.82, 2.24) is 4.57 Å². The molecule has 0 bridgehead atoms. The van der Waals surface area contributed by atoms with Gasteiger partial charge in [0.1, 0.15) is 5.58 Å². The largest absolute Gasteiger partial charge is 0.454 e. The van der Waals surface area contributed by atoms with Crippen LogP contribution in [0.4, 0.5) is 0 Å². The first-order chi connectivity index (χ1) is 22.3. The summed E-state index contributed by atoms with van der Waals surface area (Å²) in [6.45, 7) is 0. The van der Waals surface area contributed by atoms with Crippen molar-refractivity contribution in [2.75, 3.05) is 0 Å². The fourth-order valence-electron chi connectivity index (χ4n) is 7.29. The van der Waals surface area contributed by atoms with Gasteiger partial charge in [0.15, 0.2) is 5.58 Å². The molecule has 0 fully saturated rings. The Morgan fingerprint density at radius 3 is 2.09 bits per heavy atom. The summed E-state index contributed by atoms with van der Waals surface area (Å²) in [6.07, 6.45) is 6.92. The molecule has 6 aromatic carbocycles. The summed E-state index contributed by atoms with van der Waals surface area (Å²) < 4.78 is 10.3. The van der Waals surface area contributed by atoms with Crippen molar-refractivity contribution >= 4 is 71.2 Å². The van der Waals surface area contributed by atoms with Crippen LogP contribution in [0.3, 0.4) is 0 Å². The van der Waals surface area contributed by atoms with Crippen LogP contribution in [-0.2, 0) is 6.42 Å². The monoisotopic (exact) mass is 593 g/mol. The lowest BCUT2D eigenvalue weighted by atomic mass is 9.98. The van der Waals surface area contributed by atoms with Gasteiger partial charge in [-0.2, -0.15) is 0 Å². The molecule has 0 aliphatic heterocycles. The van der Waals surface area contributed by atoms with Crippen LogP contribution in [0.2, 0.25) is 0 Å². The molecular formula is C42H27NOS. The molecule has 9 aromatic rings. The molecule has 10 rings (SSSR count). The third kappa shape index (κ3) is 3.74. The third-order valence-corrected chi connectivity index (χ3v) is 10.7. The quantitative estimate of drug-likeness (QED) is 0.199. The van der Waals surface area contributed by atoms with Crippen molar-refractivity contribution < 1.29 is 4.42 Å². The van der Waals surface area contributed by atoms with Gasteiger partial charge in [0.05, 0.1) is 11.0 Å². The molecule has 2 nitrogen and oxygen atoms in total. The van der Waals surface area contributed by atoms with Crippen LogP contribution in [0, 0.1) is 0 Å². The van der Waals surface area contributed by atoms with Gasteiger partial charge in [-0.15, -0.1) is 11.3 Å². The molecule has 3 aromatic heterocycles. The van der Waals surface area contributed by atoms with Gasteiger partial charge in [-0.1, -0.05) is 103 Å². The molecule has 212 valence electrons. The summed E-state index contributed by atoms with van der Waals surface area (Å²) in [6, 6.07) is 46.3. The van der Waals surface area contributed by atoms with E-state index in [0.717, 1.165) is 46.0 Å². The maximum Gasteiger partial charge on any atom is 0.160 e. The highest BCUT2D eigenvalue weighted by Crippen LogP contribution is 2.41. The van der Waals surface area contributed by atoms with Gasteiger partial charge in [0.2, 0.25) is 0 Å². The number of hydrogen-bond donors (Lipinski definition) is 0. The number of benzene rings is 6. The standard InChI is InChI=1S/C42H27NOS/c1-4-10-37-31(7-1)35-23-24-36-32-8-2-5-11-38(32)44-42(36)41(35)43(37)30-20-17-27(18-21-30)26-13-15-28(16-14-26)29-19-22-34-33-9-3-6-12-39(33)45-40(34)25-29/h1-5,7-11,13-25H,6,12H2. The van der Waals surface area contributed by atoms with E-state index in [1.165, 1.54) is 59.1 Å². The lowest BCUT2D eigenvalue weighted by Crippen LogP contribution is -1.94. The second-order valence-corrected chi connectivity index (χ2v) is 13.1. The van der Waals surface area contributed by atoms with Crippen molar-refractivity contribution in [3.05, 3.63) is 144 Å². The number of thiophene rings is 1. The Morgan fingerprint density at radius 2 is 1.24 bits per heavy atom. The maximum atomic E-state index is 6.52. The minimum absolute atomic E-state index is 0.919. The second-order valence-electron chi connectivity index (χ2n) is 12.0. The Hall–Kier alpha value is -5.38. The Bertz CT molecular complexity index is 2630. The van der Waals surface area contributed by atoms with Gasteiger partial charge in [0.25, 0.3) is 0 Å². The Balaban J connectivity index is 1.04. The van der Waals surface area contributed by atoms with E-state index in [1.54, 1.807) is 0 Å². The van der Waals surface area contributed by atoms with Gasteiger partial charge < -0.3 is 8.98 Å². The van der Waals surface area contributed by atoms with E-state index < -0.39 is 0 Å². The number of rotatable bonds is 3. The predicted octanol–water partition coefficient (Wildman–Crippen LogP) is 12.2. The number of aromatic nitrogens is 1. The van der Waals surface area contributed by atoms with Crippen LogP contribution in [0.25, 0.3) is 87.8 Å². The third-order valence-electron chi connectivity index (χ3n) is 9.48. The van der Waals surface area contributed by atoms with E-state index in [-0.39, 0.29) is 0 Å². The summed E-state index contributed by atoms with van der Waals surface area (Å²) in [4.78, 5) is 1.52. The van der Waals surface area contributed by atoms with Gasteiger partial charge in [-0.05, 0) is 82.4 Å². The molecular weight excluding hydrogens is 567 g/mol. The molecule has 0 saturated carbocycles. The summed E-state index contributed by atoms with van der Waals surface area (Å²) in [5.74, 6) is 0. The topological polar surface area (TPSA) is 18.1 Å². The summed E-state index contributed by atoms with van der Waals surface area (Å²) >= 11 is 1.95. The van der Waals surface area contributed by atoms with Gasteiger partial charge in [0, 0.05) is 36.8 Å². The average Bonchev–Trinajstić information content (AvgIpc) is 3.78. The van der Waals surface area contributed by atoms with Crippen molar-refractivity contribution in [2.24, 2.45) is 0 Å². The molecule has 45 heavy (non-hydrogen) atoms. The van der Waals surface area contributed by atoms with Crippen molar-refractivity contribution in [3.63, 3.8) is 0 Å². The minimum atomic E-state index is 0.919. The smallest absolute Gasteiger partial charge is 0.160 e. The molecule has 1 aliphatic rings. The first-order valence-corrected chi connectivity index (χ1v) is 16.4. The van der Waals surface area contributed by atoms with Gasteiger partial charge in [-0.25, -0.2) is 0 Å². The summed E-state index contributed by atoms with van der Waals surface area (Å²) in [5, 5.41) is 6.11. The summed E-state index contributed by atoms with van der Waals surface area (Å²) in [5.41, 5.74) is 11.6. The Morgan fingerprint density at radius 1 is 0.578 bits per heavy atom. The molecule has 0 atom stereocenters. The normalized spacial score (nSPS) is 13.1. The van der Waals surface area contributed by atoms with Crippen LogP contribution in [0.5, 0.6) is 0 Å². The molecule has 3 heterocycles. The van der Waals surface area contributed by atoms with Crippen LogP contribution in [0.15, 0.2) is 138 Å². The zero-order valence-electron chi connectivity index (χ0n) is 24.5. The van der Waals surface area contributed by atoms with Gasteiger partial charge >= 0.3 is 0 Å². The zero-order valence-corrected chi connectivity index (χ0v) is 25.3. The van der Waals surface area contributed by atoms with Gasteiger partial charge in [-0.3, -0.25) is 0 Å². The molecule has 0 radical (unpaired) electrons. The molecule has 0 unspecified atom stereocenters. The van der Waals surface area contributed by atoms with Crippen LogP contribution >= 0.6 is 11.3 Å². The lowest BCUT2D eigenvalue weighted by Gasteiger charge is -2.10. The number of nitrogens with zero attached hydrogens (tertiary/aromatic N) is 1. The molecule has 0 spiro atoms. The number of furan rings is 1. The van der Waals surface area contributed by atoms with E-state index in [9.17, 15) is 0 Å². The number of aryl methyl sites for hydroxylation is 1. The number of allylic oxidation sites excluding steroid dienone is 1. The van der Waals surface area contributed by atoms with Crippen LogP contribution in [0.1, 0.15) is 16.9 Å². The fraction of sp³-hybridized carbons (Fsp3) is 0.0476. The molecule has 3 heteroatoms. The average molecular weight is 594 g/mol. The SMILES string of the molecule is C1=Cc2c(sc3cc(-c4ccc(-c5ccc(-n6c7ccccc7c7ccc8c9ccccc9oc8c76)cc5)cc4)ccc23)CC1. The maximum absolute atomic E-state index is 6.52. The number of fused-ring (bicyclic) bond motifs is 10. The predicted molar refractivity (Wildman–Crippen MR) is 192 cm³/mol. The summed E-state index contributed by atoms with van der Waals surface area (Å²) in [7, 11) is 0. The lowest BCUT2D eigenvalue weighted by molar-refractivity contribution is 0.671.